The topological polar surface area (TPSA) is 64.3 Å². The van der Waals surface area contributed by atoms with Crippen molar-refractivity contribution in [1.82, 2.24) is 0 Å². The van der Waals surface area contributed by atoms with Gasteiger partial charge in [-0.2, -0.15) is 0 Å². The van der Waals surface area contributed by atoms with Crippen molar-refractivity contribution in [2.45, 2.75) is 6.92 Å². The van der Waals surface area contributed by atoms with Crippen molar-refractivity contribution in [3.8, 4) is 5.75 Å². The average Bonchev–Trinajstić information content (AvgIpc) is 2.43. The second kappa shape index (κ2) is 5.61. The zero-order chi connectivity index (χ0) is 14.7. The maximum atomic E-state index is 13.7. The van der Waals surface area contributed by atoms with Gasteiger partial charge in [-0.15, -0.1) is 0 Å². The molecule has 0 aliphatic rings. The van der Waals surface area contributed by atoms with Gasteiger partial charge in [0.1, 0.15) is 11.6 Å². The Hall–Kier alpha value is -2.56. The summed E-state index contributed by atoms with van der Waals surface area (Å²) in [4.78, 5) is 12.1. The molecule has 0 spiro atoms. The molecule has 2 aromatic carbocycles. The van der Waals surface area contributed by atoms with E-state index in [1.54, 1.807) is 31.2 Å². The van der Waals surface area contributed by atoms with Gasteiger partial charge in [0.2, 0.25) is 0 Å². The number of carbonyl (C=O) groups excluding carboxylic acids is 1. The molecule has 0 heterocycles. The van der Waals surface area contributed by atoms with Crippen LogP contribution in [0.4, 0.5) is 15.8 Å². The number of anilines is 2. The highest BCUT2D eigenvalue weighted by atomic mass is 19.1. The van der Waals surface area contributed by atoms with Gasteiger partial charge >= 0.3 is 0 Å². The Morgan fingerprint density at radius 2 is 2.00 bits per heavy atom. The maximum Gasteiger partial charge on any atom is 0.258 e. The second-order valence-electron chi connectivity index (χ2n) is 4.39. The summed E-state index contributed by atoms with van der Waals surface area (Å²) in [7, 11) is 1.51. The Bertz CT molecular complexity index is 656. The van der Waals surface area contributed by atoms with Crippen molar-refractivity contribution in [1.29, 1.82) is 0 Å². The van der Waals surface area contributed by atoms with Gasteiger partial charge in [0.25, 0.3) is 5.91 Å². The number of nitrogens with one attached hydrogen (secondary N) is 1. The van der Waals surface area contributed by atoms with E-state index in [1.807, 2.05) is 0 Å². The molecule has 2 rings (SSSR count). The minimum absolute atomic E-state index is 0.0211. The molecule has 5 heteroatoms. The van der Waals surface area contributed by atoms with E-state index in [4.69, 9.17) is 10.5 Å². The number of methoxy groups -OCH3 is 1. The van der Waals surface area contributed by atoms with Crippen LogP contribution < -0.4 is 15.8 Å². The second-order valence-corrected chi connectivity index (χ2v) is 4.39. The van der Waals surface area contributed by atoms with Crippen LogP contribution >= 0.6 is 0 Å². The van der Waals surface area contributed by atoms with E-state index in [0.29, 0.717) is 17.1 Å². The molecule has 0 bridgehead atoms. The molecule has 1 amide bonds. The number of benzene rings is 2. The molecule has 0 aromatic heterocycles. The van der Waals surface area contributed by atoms with Gasteiger partial charge in [-0.1, -0.05) is 11.6 Å². The van der Waals surface area contributed by atoms with Gasteiger partial charge in [0, 0.05) is 6.07 Å². The third-order valence-corrected chi connectivity index (χ3v) is 2.88. The Balaban J connectivity index is 2.30. The summed E-state index contributed by atoms with van der Waals surface area (Å²) < 4.78 is 18.7. The molecule has 4 nitrogen and oxygen atoms in total. The minimum atomic E-state index is -0.574. The summed E-state index contributed by atoms with van der Waals surface area (Å²) in [5.41, 5.74) is 7.32. The van der Waals surface area contributed by atoms with E-state index in [0.717, 1.165) is 5.56 Å². The van der Waals surface area contributed by atoms with Crippen LogP contribution in [0.25, 0.3) is 0 Å². The van der Waals surface area contributed by atoms with Crippen molar-refractivity contribution in [3.05, 3.63) is 53.3 Å². The van der Waals surface area contributed by atoms with Crippen LogP contribution in [-0.2, 0) is 0 Å². The standard InChI is InChI=1S/C15H15FN2O2/c1-9-3-5-12(16)11(7-9)15(19)18-14-8-10(20-2)4-6-13(14)17/h3-8H,17H2,1-2H3,(H,18,19). The highest BCUT2D eigenvalue weighted by molar-refractivity contribution is 6.06. The van der Waals surface area contributed by atoms with Gasteiger partial charge in [-0.3, -0.25) is 4.79 Å². The first-order valence-electron chi connectivity index (χ1n) is 6.02. The molecule has 0 aliphatic carbocycles. The van der Waals surface area contributed by atoms with Crippen LogP contribution in [0.2, 0.25) is 0 Å². The van der Waals surface area contributed by atoms with Crippen LogP contribution in [0.1, 0.15) is 15.9 Å². The van der Waals surface area contributed by atoms with Gasteiger partial charge in [0.15, 0.2) is 0 Å². The fraction of sp³-hybridized carbons (Fsp3) is 0.133. The highest BCUT2D eigenvalue weighted by Crippen LogP contribution is 2.25. The first kappa shape index (κ1) is 13.9. The number of carbonyl (C=O) groups is 1. The molecule has 0 atom stereocenters. The number of rotatable bonds is 3. The molecule has 0 aliphatic heterocycles. The van der Waals surface area contributed by atoms with Crippen molar-refractivity contribution in [2.75, 3.05) is 18.2 Å². The number of ether oxygens (including phenoxy) is 1. The lowest BCUT2D eigenvalue weighted by Crippen LogP contribution is -2.15. The molecule has 0 radical (unpaired) electrons. The largest absolute Gasteiger partial charge is 0.497 e. The summed E-state index contributed by atoms with van der Waals surface area (Å²) in [5, 5.41) is 2.59. The van der Waals surface area contributed by atoms with Crippen LogP contribution in [0.5, 0.6) is 5.75 Å². The van der Waals surface area contributed by atoms with Crippen molar-refractivity contribution < 1.29 is 13.9 Å². The van der Waals surface area contributed by atoms with E-state index in [-0.39, 0.29) is 5.56 Å². The molecule has 0 saturated heterocycles. The molecule has 0 unspecified atom stereocenters. The zero-order valence-corrected chi connectivity index (χ0v) is 11.2. The average molecular weight is 274 g/mol. The van der Waals surface area contributed by atoms with Crippen molar-refractivity contribution >= 4 is 17.3 Å². The minimum Gasteiger partial charge on any atom is -0.497 e. The quantitative estimate of drug-likeness (QED) is 0.846. The lowest BCUT2D eigenvalue weighted by molar-refractivity contribution is 0.102. The lowest BCUT2D eigenvalue weighted by atomic mass is 10.1. The number of nitrogens with two attached hydrogens (primary N) is 1. The first-order valence-corrected chi connectivity index (χ1v) is 6.02. The number of hydrogen-bond donors (Lipinski definition) is 2. The van der Waals surface area contributed by atoms with Gasteiger partial charge in [-0.05, 0) is 31.2 Å². The molecule has 20 heavy (non-hydrogen) atoms. The maximum absolute atomic E-state index is 13.7. The van der Waals surface area contributed by atoms with Crippen molar-refractivity contribution in [2.24, 2.45) is 0 Å². The number of halogens is 1. The fourth-order valence-corrected chi connectivity index (χ4v) is 1.77. The smallest absolute Gasteiger partial charge is 0.258 e. The van der Waals surface area contributed by atoms with E-state index >= 15 is 0 Å². The monoisotopic (exact) mass is 274 g/mol. The van der Waals surface area contributed by atoms with Gasteiger partial charge in [-0.25, -0.2) is 4.39 Å². The van der Waals surface area contributed by atoms with Gasteiger partial charge in [0.05, 0.1) is 24.0 Å². The number of nitrogen functional groups attached to an aromatic ring is 1. The molecule has 0 fully saturated rings. The molecule has 3 N–H and O–H groups in total. The third-order valence-electron chi connectivity index (χ3n) is 2.88. The van der Waals surface area contributed by atoms with E-state index in [1.165, 1.54) is 19.2 Å². The summed E-state index contributed by atoms with van der Waals surface area (Å²) in [5.74, 6) is -0.570. The Labute approximate surface area is 116 Å². The summed E-state index contributed by atoms with van der Waals surface area (Å²) in [6.07, 6.45) is 0. The summed E-state index contributed by atoms with van der Waals surface area (Å²) in [6.45, 7) is 1.79. The molecule has 2 aromatic rings. The summed E-state index contributed by atoms with van der Waals surface area (Å²) >= 11 is 0. The van der Waals surface area contributed by atoms with Crippen LogP contribution in [0.3, 0.4) is 0 Å². The van der Waals surface area contributed by atoms with E-state index < -0.39 is 11.7 Å². The third kappa shape index (κ3) is 2.88. The predicted octanol–water partition coefficient (Wildman–Crippen LogP) is 2.98. The van der Waals surface area contributed by atoms with Crippen LogP contribution in [0, 0.1) is 12.7 Å². The number of aryl methyl sites for hydroxylation is 1. The van der Waals surface area contributed by atoms with Crippen LogP contribution in [-0.4, -0.2) is 13.0 Å². The van der Waals surface area contributed by atoms with Crippen LogP contribution in [0.15, 0.2) is 36.4 Å². The molecule has 0 saturated carbocycles. The zero-order valence-electron chi connectivity index (χ0n) is 11.2. The number of hydrogen-bond acceptors (Lipinski definition) is 3. The van der Waals surface area contributed by atoms with E-state index in [2.05, 4.69) is 5.32 Å². The van der Waals surface area contributed by atoms with E-state index in [9.17, 15) is 9.18 Å². The normalized spacial score (nSPS) is 10.2. The Kier molecular flexibility index (Phi) is 3.89. The van der Waals surface area contributed by atoms with Gasteiger partial charge < -0.3 is 15.8 Å². The lowest BCUT2D eigenvalue weighted by Gasteiger charge is -2.10. The highest BCUT2D eigenvalue weighted by Gasteiger charge is 2.13. The predicted molar refractivity (Wildman–Crippen MR) is 76.5 cm³/mol. The Morgan fingerprint density at radius 3 is 2.70 bits per heavy atom. The number of amides is 1. The summed E-state index contributed by atoms with van der Waals surface area (Å²) in [6, 6.07) is 9.23. The molecular formula is C15H15FN2O2. The molecule has 104 valence electrons. The first-order chi connectivity index (χ1) is 9.51. The SMILES string of the molecule is COc1ccc(N)c(NC(=O)c2cc(C)ccc2F)c1. The van der Waals surface area contributed by atoms with Crippen molar-refractivity contribution in [3.63, 3.8) is 0 Å². The Morgan fingerprint density at radius 1 is 1.25 bits per heavy atom. The molecular weight excluding hydrogens is 259 g/mol. The fourth-order valence-electron chi connectivity index (χ4n) is 1.77.